The van der Waals surface area contributed by atoms with E-state index in [1.807, 2.05) is 34.5 Å². The van der Waals surface area contributed by atoms with Crippen molar-refractivity contribution in [1.82, 2.24) is 10.2 Å². The predicted molar refractivity (Wildman–Crippen MR) is 115 cm³/mol. The molecule has 3 rings (SSSR count). The van der Waals surface area contributed by atoms with E-state index in [0.717, 1.165) is 10.4 Å². The maximum atomic E-state index is 12.6. The molecule has 4 nitrogen and oxygen atoms in total. The molecule has 1 fully saturated rings. The summed E-state index contributed by atoms with van der Waals surface area (Å²) < 4.78 is 0. The zero-order valence-electron chi connectivity index (χ0n) is 16.0. The highest BCUT2D eigenvalue weighted by Gasteiger charge is 2.29. The monoisotopic (exact) mass is 438 g/mol. The van der Waals surface area contributed by atoms with Gasteiger partial charge in [-0.25, -0.2) is 0 Å². The van der Waals surface area contributed by atoms with Gasteiger partial charge in [0.1, 0.15) is 0 Å². The second-order valence-electron chi connectivity index (χ2n) is 7.77. The molecule has 7 heteroatoms. The lowest BCUT2D eigenvalue weighted by molar-refractivity contribution is -0.126. The third-order valence-corrected chi connectivity index (χ3v) is 6.89. The molecule has 0 saturated carbocycles. The molecule has 0 atom stereocenters. The number of benzene rings is 1. The number of amides is 2. The van der Waals surface area contributed by atoms with Crippen LogP contribution in [0.5, 0.6) is 0 Å². The minimum absolute atomic E-state index is 0.0522. The van der Waals surface area contributed by atoms with Crippen LogP contribution in [-0.2, 0) is 10.2 Å². The SMILES string of the molecule is CC(C)(CNC(=O)C1CCN(C(=O)c2cccs2)CC1)c1ccc(Cl)c(Cl)c1. The number of rotatable bonds is 5. The number of hydrogen-bond acceptors (Lipinski definition) is 3. The molecule has 1 N–H and O–H groups in total. The lowest BCUT2D eigenvalue weighted by Gasteiger charge is -2.32. The third-order valence-electron chi connectivity index (χ3n) is 5.29. The smallest absolute Gasteiger partial charge is 0.263 e. The Labute approximate surface area is 179 Å². The van der Waals surface area contributed by atoms with Crippen molar-refractivity contribution in [3.8, 4) is 0 Å². The number of halogens is 2. The van der Waals surface area contributed by atoms with E-state index >= 15 is 0 Å². The molecule has 150 valence electrons. The molecule has 1 aromatic heterocycles. The zero-order chi connectivity index (χ0) is 20.3. The highest BCUT2D eigenvalue weighted by atomic mass is 35.5. The molecule has 2 amide bonds. The minimum Gasteiger partial charge on any atom is -0.355 e. The van der Waals surface area contributed by atoms with Crippen molar-refractivity contribution in [1.29, 1.82) is 0 Å². The molecule has 0 spiro atoms. The van der Waals surface area contributed by atoms with Crippen LogP contribution in [-0.4, -0.2) is 36.3 Å². The highest BCUT2D eigenvalue weighted by molar-refractivity contribution is 7.12. The third kappa shape index (κ3) is 4.88. The topological polar surface area (TPSA) is 49.4 Å². The van der Waals surface area contributed by atoms with Crippen LogP contribution >= 0.6 is 34.5 Å². The van der Waals surface area contributed by atoms with Crippen molar-refractivity contribution >= 4 is 46.4 Å². The number of thiophene rings is 1. The van der Waals surface area contributed by atoms with Crippen LogP contribution in [0.1, 0.15) is 41.9 Å². The summed E-state index contributed by atoms with van der Waals surface area (Å²) in [7, 11) is 0. The highest BCUT2D eigenvalue weighted by Crippen LogP contribution is 2.30. The van der Waals surface area contributed by atoms with E-state index < -0.39 is 0 Å². The Morgan fingerprint density at radius 2 is 1.89 bits per heavy atom. The summed E-state index contributed by atoms with van der Waals surface area (Å²) >= 11 is 13.6. The van der Waals surface area contributed by atoms with Crippen molar-refractivity contribution in [3.63, 3.8) is 0 Å². The Hall–Kier alpha value is -1.56. The Morgan fingerprint density at radius 3 is 2.50 bits per heavy atom. The van der Waals surface area contributed by atoms with Gasteiger partial charge in [-0.05, 0) is 42.0 Å². The fourth-order valence-electron chi connectivity index (χ4n) is 3.37. The van der Waals surface area contributed by atoms with E-state index in [-0.39, 0.29) is 23.1 Å². The Kier molecular flexibility index (Phi) is 6.69. The molecule has 1 saturated heterocycles. The van der Waals surface area contributed by atoms with Crippen LogP contribution in [0.2, 0.25) is 10.0 Å². The first-order valence-corrected chi connectivity index (χ1v) is 11.0. The summed E-state index contributed by atoms with van der Waals surface area (Å²) in [6, 6.07) is 9.30. The van der Waals surface area contributed by atoms with Gasteiger partial charge in [0.2, 0.25) is 5.91 Å². The molecule has 2 aromatic rings. The van der Waals surface area contributed by atoms with E-state index in [4.69, 9.17) is 23.2 Å². The van der Waals surface area contributed by atoms with E-state index in [1.165, 1.54) is 11.3 Å². The summed E-state index contributed by atoms with van der Waals surface area (Å²) in [5, 5.41) is 6.02. The molecule has 0 aliphatic carbocycles. The predicted octanol–water partition coefficient (Wildman–Crippen LogP) is 5.00. The van der Waals surface area contributed by atoms with Crippen LogP contribution in [0.4, 0.5) is 0 Å². The van der Waals surface area contributed by atoms with Crippen LogP contribution in [0.3, 0.4) is 0 Å². The van der Waals surface area contributed by atoms with Gasteiger partial charge in [-0.1, -0.05) is 49.2 Å². The fraction of sp³-hybridized carbons (Fsp3) is 0.429. The molecule has 0 radical (unpaired) electrons. The largest absolute Gasteiger partial charge is 0.355 e. The maximum absolute atomic E-state index is 12.6. The summed E-state index contributed by atoms with van der Waals surface area (Å²) in [6.07, 6.45) is 1.38. The summed E-state index contributed by atoms with van der Waals surface area (Å²) in [6.45, 7) is 5.87. The molecule has 28 heavy (non-hydrogen) atoms. The van der Waals surface area contributed by atoms with Crippen LogP contribution in [0, 0.1) is 5.92 Å². The Bertz CT molecular complexity index is 844. The van der Waals surface area contributed by atoms with Gasteiger partial charge in [0.15, 0.2) is 0 Å². The summed E-state index contributed by atoms with van der Waals surface area (Å²) in [4.78, 5) is 27.7. The van der Waals surface area contributed by atoms with Crippen molar-refractivity contribution in [2.75, 3.05) is 19.6 Å². The number of hydrogen-bond donors (Lipinski definition) is 1. The standard InChI is InChI=1S/C21H24Cl2N2O2S/c1-21(2,15-5-6-16(22)17(23)12-15)13-24-19(26)14-7-9-25(10-8-14)20(27)18-4-3-11-28-18/h3-6,11-12,14H,7-10,13H2,1-2H3,(H,24,26). The van der Waals surface area contributed by atoms with Gasteiger partial charge in [-0.2, -0.15) is 0 Å². The molecule has 1 aliphatic rings. The van der Waals surface area contributed by atoms with Gasteiger partial charge >= 0.3 is 0 Å². The molecule has 0 bridgehead atoms. The summed E-state index contributed by atoms with van der Waals surface area (Å²) in [5.41, 5.74) is 0.762. The van der Waals surface area contributed by atoms with Crippen molar-refractivity contribution in [3.05, 3.63) is 56.2 Å². The van der Waals surface area contributed by atoms with E-state index in [2.05, 4.69) is 19.2 Å². The fourth-order valence-corrected chi connectivity index (χ4v) is 4.36. The summed E-state index contributed by atoms with van der Waals surface area (Å²) in [5.74, 6) is 0.0583. The van der Waals surface area contributed by atoms with Crippen molar-refractivity contribution in [2.24, 2.45) is 5.92 Å². The van der Waals surface area contributed by atoms with Gasteiger partial charge in [0.25, 0.3) is 5.91 Å². The van der Waals surface area contributed by atoms with E-state index in [9.17, 15) is 9.59 Å². The Balaban J connectivity index is 1.51. The molecular formula is C21H24Cl2N2O2S. The van der Waals surface area contributed by atoms with Gasteiger partial charge < -0.3 is 10.2 Å². The lowest BCUT2D eigenvalue weighted by Crippen LogP contribution is -2.45. The normalized spacial score (nSPS) is 15.5. The average molecular weight is 439 g/mol. The maximum Gasteiger partial charge on any atom is 0.263 e. The van der Waals surface area contributed by atoms with Gasteiger partial charge in [0, 0.05) is 31.0 Å². The number of likely N-dealkylation sites (tertiary alicyclic amines) is 1. The zero-order valence-corrected chi connectivity index (χ0v) is 18.3. The molecule has 2 heterocycles. The Morgan fingerprint density at radius 1 is 1.18 bits per heavy atom. The number of piperidine rings is 1. The van der Waals surface area contributed by atoms with Gasteiger partial charge in [-0.15, -0.1) is 11.3 Å². The lowest BCUT2D eigenvalue weighted by atomic mass is 9.84. The molecule has 0 unspecified atom stereocenters. The van der Waals surface area contributed by atoms with Gasteiger partial charge in [0.05, 0.1) is 14.9 Å². The number of nitrogens with zero attached hydrogens (tertiary/aromatic N) is 1. The first-order valence-electron chi connectivity index (χ1n) is 9.34. The van der Waals surface area contributed by atoms with Gasteiger partial charge in [-0.3, -0.25) is 9.59 Å². The second kappa shape index (κ2) is 8.85. The van der Waals surface area contributed by atoms with Crippen LogP contribution < -0.4 is 5.32 Å². The first kappa shape index (κ1) is 21.2. The average Bonchev–Trinajstić information content (AvgIpc) is 3.22. The number of nitrogens with one attached hydrogen (secondary N) is 1. The second-order valence-corrected chi connectivity index (χ2v) is 9.54. The number of carbonyl (C=O) groups excluding carboxylic acids is 2. The molecular weight excluding hydrogens is 415 g/mol. The quantitative estimate of drug-likeness (QED) is 0.713. The van der Waals surface area contributed by atoms with Crippen LogP contribution in [0.25, 0.3) is 0 Å². The van der Waals surface area contributed by atoms with Crippen LogP contribution in [0.15, 0.2) is 35.7 Å². The first-order chi connectivity index (χ1) is 13.3. The molecule has 1 aromatic carbocycles. The van der Waals surface area contributed by atoms with Crippen molar-refractivity contribution < 1.29 is 9.59 Å². The van der Waals surface area contributed by atoms with Crippen molar-refractivity contribution in [2.45, 2.75) is 32.1 Å². The van der Waals surface area contributed by atoms with E-state index in [1.54, 1.807) is 6.07 Å². The van der Waals surface area contributed by atoms with E-state index in [0.29, 0.717) is 42.5 Å². The molecule has 1 aliphatic heterocycles. The number of carbonyl (C=O) groups is 2. The minimum atomic E-state index is -0.264.